The number of hydrogen-bond acceptors (Lipinski definition) is 3. The van der Waals surface area contributed by atoms with Crippen molar-refractivity contribution in [1.29, 1.82) is 0 Å². The van der Waals surface area contributed by atoms with Crippen LogP contribution in [0.15, 0.2) is 30.3 Å². The second kappa shape index (κ2) is 6.12. The third-order valence-corrected chi connectivity index (χ3v) is 3.47. The largest absolute Gasteiger partial charge is 0.393 e. The van der Waals surface area contributed by atoms with Crippen molar-refractivity contribution >= 4 is 5.78 Å². The number of nitrogens with zero attached hydrogens (tertiary/aromatic N) is 1. The number of likely N-dealkylation sites (tertiary alicyclic amines) is 1. The lowest BCUT2D eigenvalue weighted by molar-refractivity contribution is -0.128. The van der Waals surface area contributed by atoms with Crippen molar-refractivity contribution < 1.29 is 9.90 Å². The van der Waals surface area contributed by atoms with Gasteiger partial charge in [0.2, 0.25) is 0 Å². The highest BCUT2D eigenvalue weighted by atomic mass is 16.3. The van der Waals surface area contributed by atoms with Gasteiger partial charge in [-0.25, -0.2) is 0 Å². The van der Waals surface area contributed by atoms with Gasteiger partial charge >= 0.3 is 0 Å². The lowest BCUT2D eigenvalue weighted by atomic mass is 9.95. The maximum Gasteiger partial charge on any atom is 0.150 e. The minimum atomic E-state index is -0.421. The van der Waals surface area contributed by atoms with Crippen molar-refractivity contribution in [1.82, 2.24) is 4.90 Å². The van der Waals surface area contributed by atoms with E-state index in [-0.39, 0.29) is 11.8 Å². The molecule has 1 N–H and O–H groups in total. The van der Waals surface area contributed by atoms with Gasteiger partial charge in [-0.3, -0.25) is 9.69 Å². The Balaban J connectivity index is 2.06. The van der Waals surface area contributed by atoms with Gasteiger partial charge in [-0.2, -0.15) is 0 Å². The zero-order valence-corrected chi connectivity index (χ0v) is 10.9. The second-order valence-corrected chi connectivity index (χ2v) is 5.13. The van der Waals surface area contributed by atoms with Crippen LogP contribution in [0.4, 0.5) is 0 Å². The minimum absolute atomic E-state index is 0.112. The number of carbonyl (C=O) groups is 1. The van der Waals surface area contributed by atoms with Crippen LogP contribution >= 0.6 is 0 Å². The molecular formula is C15H21NO2. The molecule has 0 aliphatic carbocycles. The van der Waals surface area contributed by atoms with Gasteiger partial charge in [0.25, 0.3) is 0 Å². The van der Waals surface area contributed by atoms with Crippen molar-refractivity contribution in [3.63, 3.8) is 0 Å². The summed E-state index contributed by atoms with van der Waals surface area (Å²) >= 11 is 0. The summed E-state index contributed by atoms with van der Waals surface area (Å²) in [7, 11) is 0. The molecule has 1 aliphatic rings. The molecule has 0 radical (unpaired) electrons. The molecule has 1 aromatic carbocycles. The molecule has 1 fully saturated rings. The normalized spacial score (nSPS) is 23.0. The first kappa shape index (κ1) is 13.2. The SMILES string of the molecule is CC(O)CC1C(=O)CCCN1Cc1ccccc1. The summed E-state index contributed by atoms with van der Waals surface area (Å²) in [5.74, 6) is 0.276. The highest BCUT2D eigenvalue weighted by molar-refractivity contribution is 5.84. The molecule has 98 valence electrons. The molecule has 2 atom stereocenters. The van der Waals surface area contributed by atoms with E-state index in [9.17, 15) is 9.90 Å². The lowest BCUT2D eigenvalue weighted by Gasteiger charge is -2.35. The first-order chi connectivity index (χ1) is 8.66. The molecule has 2 unspecified atom stereocenters. The zero-order valence-electron chi connectivity index (χ0n) is 10.9. The maximum atomic E-state index is 12.0. The third-order valence-electron chi connectivity index (χ3n) is 3.47. The monoisotopic (exact) mass is 247 g/mol. The van der Waals surface area contributed by atoms with Gasteiger partial charge in [0.05, 0.1) is 12.1 Å². The Bertz CT molecular complexity index is 389. The third kappa shape index (κ3) is 3.40. The summed E-state index contributed by atoms with van der Waals surface area (Å²) in [4.78, 5) is 14.2. The number of carbonyl (C=O) groups excluding carboxylic acids is 1. The first-order valence-electron chi connectivity index (χ1n) is 6.65. The average molecular weight is 247 g/mol. The van der Waals surface area contributed by atoms with Crippen molar-refractivity contribution in [2.75, 3.05) is 6.54 Å². The van der Waals surface area contributed by atoms with Crippen LogP contribution in [-0.4, -0.2) is 34.5 Å². The van der Waals surface area contributed by atoms with Crippen molar-refractivity contribution in [3.8, 4) is 0 Å². The molecule has 3 nitrogen and oxygen atoms in total. The van der Waals surface area contributed by atoms with Crippen LogP contribution in [-0.2, 0) is 11.3 Å². The Kier molecular flexibility index (Phi) is 4.50. The highest BCUT2D eigenvalue weighted by Crippen LogP contribution is 2.20. The van der Waals surface area contributed by atoms with E-state index in [1.54, 1.807) is 6.92 Å². The van der Waals surface area contributed by atoms with Gasteiger partial charge in [0.1, 0.15) is 5.78 Å². The van der Waals surface area contributed by atoms with Gasteiger partial charge in [-0.15, -0.1) is 0 Å². The number of aliphatic hydroxyl groups excluding tert-OH is 1. The van der Waals surface area contributed by atoms with E-state index in [0.717, 1.165) is 19.5 Å². The number of ketones is 1. The van der Waals surface area contributed by atoms with Gasteiger partial charge in [-0.05, 0) is 31.9 Å². The molecule has 0 amide bonds. The summed E-state index contributed by atoms with van der Waals surface area (Å²) in [5.41, 5.74) is 1.22. The number of hydrogen-bond donors (Lipinski definition) is 1. The molecule has 1 aromatic rings. The summed E-state index contributed by atoms with van der Waals surface area (Å²) < 4.78 is 0. The van der Waals surface area contributed by atoms with Crippen LogP contribution < -0.4 is 0 Å². The topological polar surface area (TPSA) is 40.5 Å². The summed E-state index contributed by atoms with van der Waals surface area (Å²) in [6.45, 7) is 3.49. The average Bonchev–Trinajstić information content (AvgIpc) is 2.34. The summed E-state index contributed by atoms with van der Waals surface area (Å²) in [6, 6.07) is 10.1. The number of piperidine rings is 1. The van der Waals surface area contributed by atoms with Crippen LogP contribution in [0.5, 0.6) is 0 Å². The summed E-state index contributed by atoms with van der Waals surface area (Å²) in [5, 5.41) is 9.53. The van der Waals surface area contributed by atoms with E-state index in [4.69, 9.17) is 0 Å². The van der Waals surface area contributed by atoms with Crippen LogP contribution in [0.2, 0.25) is 0 Å². The van der Waals surface area contributed by atoms with Crippen molar-refractivity contribution in [2.24, 2.45) is 0 Å². The molecule has 3 heteroatoms. The fourth-order valence-electron chi connectivity index (χ4n) is 2.59. The first-order valence-corrected chi connectivity index (χ1v) is 6.65. The van der Waals surface area contributed by atoms with E-state index in [0.29, 0.717) is 12.8 Å². The van der Waals surface area contributed by atoms with E-state index >= 15 is 0 Å². The van der Waals surface area contributed by atoms with Gasteiger partial charge < -0.3 is 5.11 Å². The maximum absolute atomic E-state index is 12.0. The van der Waals surface area contributed by atoms with E-state index in [2.05, 4.69) is 17.0 Å². The number of aliphatic hydroxyl groups is 1. The molecular weight excluding hydrogens is 226 g/mol. The van der Waals surface area contributed by atoms with Crippen LogP contribution in [0.25, 0.3) is 0 Å². The molecule has 0 aromatic heterocycles. The zero-order chi connectivity index (χ0) is 13.0. The fourth-order valence-corrected chi connectivity index (χ4v) is 2.59. The van der Waals surface area contributed by atoms with Gasteiger partial charge in [0.15, 0.2) is 0 Å². The molecule has 2 rings (SSSR count). The van der Waals surface area contributed by atoms with Crippen molar-refractivity contribution in [3.05, 3.63) is 35.9 Å². The number of benzene rings is 1. The number of Topliss-reactive ketones (excluding diaryl/α,β-unsaturated/α-hetero) is 1. The van der Waals surface area contributed by atoms with Crippen molar-refractivity contribution in [2.45, 2.75) is 44.9 Å². The Hall–Kier alpha value is -1.19. The van der Waals surface area contributed by atoms with Gasteiger partial charge in [-0.1, -0.05) is 30.3 Å². The Morgan fingerprint density at radius 1 is 1.39 bits per heavy atom. The van der Waals surface area contributed by atoms with Crippen LogP contribution in [0.1, 0.15) is 31.7 Å². The van der Waals surface area contributed by atoms with E-state index in [1.807, 2.05) is 18.2 Å². The number of rotatable bonds is 4. The molecule has 0 spiro atoms. The second-order valence-electron chi connectivity index (χ2n) is 5.13. The van der Waals surface area contributed by atoms with E-state index < -0.39 is 6.10 Å². The molecule has 1 saturated heterocycles. The minimum Gasteiger partial charge on any atom is -0.393 e. The predicted octanol–water partition coefficient (Wildman–Crippen LogP) is 1.99. The van der Waals surface area contributed by atoms with Crippen LogP contribution in [0.3, 0.4) is 0 Å². The molecule has 1 aliphatic heterocycles. The highest BCUT2D eigenvalue weighted by Gasteiger charge is 2.30. The molecule has 1 heterocycles. The standard InChI is InChI=1S/C15H21NO2/c1-12(17)10-14-15(18)8-5-9-16(14)11-13-6-3-2-4-7-13/h2-4,6-7,12,14,17H,5,8-11H2,1H3. The van der Waals surface area contributed by atoms with Gasteiger partial charge in [0, 0.05) is 13.0 Å². The summed E-state index contributed by atoms with van der Waals surface area (Å²) in [6.07, 6.45) is 1.71. The fraction of sp³-hybridized carbons (Fsp3) is 0.533. The molecule has 0 saturated carbocycles. The Morgan fingerprint density at radius 3 is 2.78 bits per heavy atom. The Morgan fingerprint density at radius 2 is 2.11 bits per heavy atom. The molecule has 0 bridgehead atoms. The Labute approximate surface area is 108 Å². The predicted molar refractivity (Wildman–Crippen MR) is 71.2 cm³/mol. The van der Waals surface area contributed by atoms with Crippen LogP contribution in [0, 0.1) is 0 Å². The smallest absolute Gasteiger partial charge is 0.150 e. The van der Waals surface area contributed by atoms with E-state index in [1.165, 1.54) is 5.56 Å². The lowest BCUT2D eigenvalue weighted by Crippen LogP contribution is -2.46. The molecule has 18 heavy (non-hydrogen) atoms. The quantitative estimate of drug-likeness (QED) is 0.884.